The van der Waals surface area contributed by atoms with Crippen LogP contribution < -0.4 is 10.6 Å². The van der Waals surface area contributed by atoms with Crippen LogP contribution in [0.3, 0.4) is 0 Å². The Kier molecular flexibility index (Phi) is 7.87. The molecule has 1 fully saturated rings. The number of nitrogens with zero attached hydrogens (tertiary/aromatic N) is 2. The number of aromatic nitrogens is 1. The van der Waals surface area contributed by atoms with Crippen molar-refractivity contribution in [2.75, 3.05) is 30.6 Å². The molecule has 2 heterocycles. The monoisotopic (exact) mass is 480 g/mol. The maximum Gasteiger partial charge on any atom is 0.211 e. The molecule has 3 N–H and O–H groups in total. The summed E-state index contributed by atoms with van der Waals surface area (Å²) in [5.41, 5.74) is 4.81. The molecule has 1 aromatic heterocycles. The minimum atomic E-state index is -0.509. The summed E-state index contributed by atoms with van der Waals surface area (Å²) in [5.74, 6) is 0.408. The van der Waals surface area contributed by atoms with Gasteiger partial charge in [-0.05, 0) is 36.0 Å². The predicted octanol–water partition coefficient (Wildman–Crippen LogP) is 4.51. The summed E-state index contributed by atoms with van der Waals surface area (Å²) in [7, 11) is 0. The standard InChI is InChI=1S/C25H25ClN4O4/c1-27-25-23(29-15-34-21-10-20(32)12-33-13-21)11-22(26)24(30-25)18-4-2-16(3-5-18)17-6-8-19(9-7-17)28-14-31/h2-9,11,14,20-21,29,32H,1,10,12-13,15H2,(H,28,31)/t20-,21+/m0/s1. The van der Waals surface area contributed by atoms with Crippen molar-refractivity contribution in [1.29, 1.82) is 0 Å². The molecule has 1 saturated heterocycles. The van der Waals surface area contributed by atoms with Gasteiger partial charge in [0.2, 0.25) is 6.41 Å². The number of amides is 1. The van der Waals surface area contributed by atoms with E-state index in [-0.39, 0.29) is 12.8 Å². The molecule has 4 rings (SSSR count). The lowest BCUT2D eigenvalue weighted by Gasteiger charge is -2.26. The van der Waals surface area contributed by atoms with Gasteiger partial charge in [0.1, 0.15) is 6.73 Å². The van der Waals surface area contributed by atoms with Gasteiger partial charge in [-0.15, -0.1) is 0 Å². The van der Waals surface area contributed by atoms with Crippen LogP contribution in [-0.2, 0) is 14.3 Å². The van der Waals surface area contributed by atoms with Crippen LogP contribution in [0, 0.1) is 0 Å². The molecule has 0 aliphatic carbocycles. The van der Waals surface area contributed by atoms with E-state index in [0.29, 0.717) is 48.3 Å². The van der Waals surface area contributed by atoms with Crippen LogP contribution in [0.5, 0.6) is 0 Å². The highest BCUT2D eigenvalue weighted by atomic mass is 35.5. The maximum absolute atomic E-state index is 10.6. The molecule has 2 atom stereocenters. The minimum Gasteiger partial charge on any atom is -0.391 e. The van der Waals surface area contributed by atoms with Crippen molar-refractivity contribution in [3.63, 3.8) is 0 Å². The Hall–Kier alpha value is -3.30. The summed E-state index contributed by atoms with van der Waals surface area (Å²) in [6.07, 6.45) is 0.486. The third-order valence-electron chi connectivity index (χ3n) is 5.44. The van der Waals surface area contributed by atoms with Crippen molar-refractivity contribution in [2.24, 2.45) is 4.99 Å². The summed E-state index contributed by atoms with van der Waals surface area (Å²) in [5, 5.41) is 15.9. The van der Waals surface area contributed by atoms with E-state index < -0.39 is 6.10 Å². The molecule has 0 radical (unpaired) electrons. The molecule has 2 aromatic carbocycles. The van der Waals surface area contributed by atoms with E-state index in [4.69, 9.17) is 21.1 Å². The van der Waals surface area contributed by atoms with E-state index in [1.54, 1.807) is 6.07 Å². The zero-order chi connectivity index (χ0) is 23.9. The van der Waals surface area contributed by atoms with E-state index in [9.17, 15) is 9.90 Å². The number of carbonyl (C=O) groups excluding carboxylic acids is 1. The van der Waals surface area contributed by atoms with Crippen LogP contribution in [0.25, 0.3) is 22.4 Å². The normalized spacial score (nSPS) is 17.7. The fourth-order valence-corrected chi connectivity index (χ4v) is 3.97. The van der Waals surface area contributed by atoms with Crippen LogP contribution in [-0.4, -0.2) is 55.4 Å². The summed E-state index contributed by atoms with van der Waals surface area (Å²) < 4.78 is 11.0. The zero-order valence-electron chi connectivity index (χ0n) is 18.4. The maximum atomic E-state index is 10.6. The highest BCUT2D eigenvalue weighted by Gasteiger charge is 2.21. The number of hydrogen-bond acceptors (Lipinski definition) is 7. The number of anilines is 2. The summed E-state index contributed by atoms with van der Waals surface area (Å²) in [6.45, 7) is 4.59. The smallest absolute Gasteiger partial charge is 0.211 e. The van der Waals surface area contributed by atoms with Crippen molar-refractivity contribution < 1.29 is 19.4 Å². The minimum absolute atomic E-state index is 0.185. The number of benzene rings is 2. The van der Waals surface area contributed by atoms with E-state index in [1.165, 1.54) is 0 Å². The molecular formula is C25H25ClN4O4. The quantitative estimate of drug-likeness (QED) is 0.236. The lowest BCUT2D eigenvalue weighted by molar-refractivity contribution is -0.105. The Morgan fingerprint density at radius 3 is 2.47 bits per heavy atom. The van der Waals surface area contributed by atoms with E-state index in [1.807, 2.05) is 48.5 Å². The SMILES string of the molecule is C=Nc1nc(-c2ccc(-c3ccc(NC=O)cc3)cc2)c(Cl)cc1NCO[C@H]1COC[C@@H](O)C1. The number of aliphatic hydroxyl groups excluding tert-OH is 1. The summed E-state index contributed by atoms with van der Waals surface area (Å²) in [6, 6.07) is 17.2. The number of aliphatic imine (C=N–C) groups is 1. The molecule has 0 saturated carbocycles. The van der Waals surface area contributed by atoms with Crippen molar-refractivity contribution in [3.8, 4) is 22.4 Å². The summed E-state index contributed by atoms with van der Waals surface area (Å²) in [4.78, 5) is 19.2. The van der Waals surface area contributed by atoms with Crippen LogP contribution in [0.2, 0.25) is 5.02 Å². The van der Waals surface area contributed by atoms with E-state index in [2.05, 4.69) is 27.3 Å². The van der Waals surface area contributed by atoms with Gasteiger partial charge in [0.25, 0.3) is 0 Å². The first-order chi connectivity index (χ1) is 16.6. The second kappa shape index (κ2) is 11.2. The Balaban J connectivity index is 1.46. The lowest BCUT2D eigenvalue weighted by atomic mass is 10.0. The van der Waals surface area contributed by atoms with Gasteiger partial charge >= 0.3 is 0 Å². The number of hydrogen-bond donors (Lipinski definition) is 3. The van der Waals surface area contributed by atoms with Crippen LogP contribution >= 0.6 is 11.6 Å². The Labute approximate surface area is 202 Å². The molecule has 0 bridgehead atoms. The van der Waals surface area contributed by atoms with Crippen molar-refractivity contribution in [1.82, 2.24) is 4.98 Å². The number of nitrogens with one attached hydrogen (secondary N) is 2. The summed E-state index contributed by atoms with van der Waals surface area (Å²) >= 11 is 6.55. The van der Waals surface area contributed by atoms with E-state index in [0.717, 1.165) is 22.4 Å². The molecular weight excluding hydrogens is 456 g/mol. The predicted molar refractivity (Wildman–Crippen MR) is 134 cm³/mol. The second-order valence-corrected chi connectivity index (χ2v) is 8.21. The fraction of sp³-hybridized carbons (Fsp3) is 0.240. The first-order valence-electron chi connectivity index (χ1n) is 10.8. The van der Waals surface area contributed by atoms with Crippen molar-refractivity contribution in [2.45, 2.75) is 18.6 Å². The highest BCUT2D eigenvalue weighted by Crippen LogP contribution is 2.35. The molecule has 0 unspecified atom stereocenters. The molecule has 1 aliphatic heterocycles. The molecule has 0 spiro atoms. The zero-order valence-corrected chi connectivity index (χ0v) is 19.2. The van der Waals surface area contributed by atoms with Gasteiger partial charge in [-0.3, -0.25) is 4.79 Å². The van der Waals surface area contributed by atoms with Gasteiger partial charge in [0.15, 0.2) is 5.82 Å². The third-order valence-corrected chi connectivity index (χ3v) is 5.73. The lowest BCUT2D eigenvalue weighted by Crippen LogP contribution is -2.35. The van der Waals surface area contributed by atoms with Crippen molar-refractivity contribution >= 4 is 41.9 Å². The number of carbonyl (C=O) groups is 1. The molecule has 34 heavy (non-hydrogen) atoms. The molecule has 1 aliphatic rings. The molecule has 1 amide bonds. The first-order valence-corrected chi connectivity index (χ1v) is 11.1. The Morgan fingerprint density at radius 1 is 1.15 bits per heavy atom. The van der Waals surface area contributed by atoms with Crippen LogP contribution in [0.4, 0.5) is 17.2 Å². The largest absolute Gasteiger partial charge is 0.391 e. The Bertz CT molecular complexity index is 1140. The molecule has 9 heteroatoms. The number of ether oxygens (including phenoxy) is 2. The van der Waals surface area contributed by atoms with Gasteiger partial charge in [-0.25, -0.2) is 9.98 Å². The average molecular weight is 481 g/mol. The van der Waals surface area contributed by atoms with Gasteiger partial charge in [0, 0.05) is 17.7 Å². The highest BCUT2D eigenvalue weighted by molar-refractivity contribution is 6.33. The average Bonchev–Trinajstić information content (AvgIpc) is 2.85. The van der Waals surface area contributed by atoms with Crippen molar-refractivity contribution in [3.05, 3.63) is 59.6 Å². The third kappa shape index (κ3) is 5.78. The number of aliphatic hydroxyl groups is 1. The number of pyridine rings is 1. The topological polar surface area (TPSA) is 105 Å². The number of halogens is 1. The van der Waals surface area contributed by atoms with Gasteiger partial charge in [-0.1, -0.05) is 48.0 Å². The van der Waals surface area contributed by atoms with Crippen LogP contribution in [0.15, 0.2) is 59.6 Å². The van der Waals surface area contributed by atoms with E-state index >= 15 is 0 Å². The fourth-order valence-electron chi connectivity index (χ4n) is 3.71. The Morgan fingerprint density at radius 2 is 1.82 bits per heavy atom. The van der Waals surface area contributed by atoms with Crippen LogP contribution in [0.1, 0.15) is 6.42 Å². The van der Waals surface area contributed by atoms with Gasteiger partial charge < -0.3 is 25.2 Å². The second-order valence-electron chi connectivity index (χ2n) is 7.80. The van der Waals surface area contributed by atoms with Gasteiger partial charge in [-0.2, -0.15) is 0 Å². The van der Waals surface area contributed by atoms with Gasteiger partial charge in [0.05, 0.1) is 41.8 Å². The first kappa shape index (κ1) is 23.8. The molecule has 8 nitrogen and oxygen atoms in total. The molecule has 176 valence electrons. The number of rotatable bonds is 9. The molecule has 3 aromatic rings.